The number of nitrogens with two attached hydrogens (primary N) is 1. The lowest BCUT2D eigenvalue weighted by atomic mass is 9.75. The largest absolute Gasteiger partial charge is 0.268 e. The molecule has 0 atom stereocenters. The summed E-state index contributed by atoms with van der Waals surface area (Å²) in [5.74, 6) is 5.81. The second kappa shape index (κ2) is 1.70. The summed E-state index contributed by atoms with van der Waals surface area (Å²) in [6.07, 6.45) is 6.76. The van der Waals surface area contributed by atoms with Gasteiger partial charge in [0.15, 0.2) is 0 Å². The molecule has 1 spiro atoms. The lowest BCUT2D eigenvalue weighted by Gasteiger charge is -2.43. The number of hydrogen-bond donors (Lipinski definition) is 1. The van der Waals surface area contributed by atoms with E-state index in [4.69, 9.17) is 5.84 Å². The van der Waals surface area contributed by atoms with Gasteiger partial charge in [-0.05, 0) is 32.1 Å². The highest BCUT2D eigenvalue weighted by Gasteiger charge is 2.43. The van der Waals surface area contributed by atoms with Gasteiger partial charge in [-0.25, -0.2) is 5.01 Å². The molecule has 2 rings (SSSR count). The van der Waals surface area contributed by atoms with Crippen LogP contribution in [0.5, 0.6) is 0 Å². The van der Waals surface area contributed by atoms with Crippen LogP contribution in [-0.4, -0.2) is 17.1 Å². The number of nitrogens with zero attached hydrogens (tertiary/aromatic N) is 1. The number of rotatable bonds is 0. The maximum Gasteiger partial charge on any atom is 0.0352 e. The first-order valence-electron chi connectivity index (χ1n) is 3.86. The summed E-state index contributed by atoms with van der Waals surface area (Å²) in [7, 11) is 0. The summed E-state index contributed by atoms with van der Waals surface area (Å²) < 4.78 is 0. The molecule has 0 aromatic heterocycles. The highest BCUT2D eigenvalue weighted by Crippen LogP contribution is 2.43. The van der Waals surface area contributed by atoms with Gasteiger partial charge in [0.25, 0.3) is 0 Å². The Kier molecular flexibility index (Phi) is 1.08. The summed E-state index contributed by atoms with van der Waals surface area (Å²) in [5, 5.41) is 2.07. The molecular weight excluding hydrogens is 112 g/mol. The predicted molar refractivity (Wildman–Crippen MR) is 36.7 cm³/mol. The van der Waals surface area contributed by atoms with Crippen LogP contribution in [0.2, 0.25) is 0 Å². The minimum absolute atomic E-state index is 0.486. The molecule has 2 aliphatic rings. The second-order valence-corrected chi connectivity index (χ2v) is 3.37. The Hall–Kier alpha value is -0.0800. The lowest BCUT2D eigenvalue weighted by Crippen LogP contribution is -2.52. The van der Waals surface area contributed by atoms with Gasteiger partial charge in [-0.3, -0.25) is 5.84 Å². The minimum Gasteiger partial charge on any atom is -0.268 e. The molecule has 0 bridgehead atoms. The van der Waals surface area contributed by atoms with Gasteiger partial charge in [0.05, 0.1) is 0 Å². The maximum atomic E-state index is 5.81. The van der Waals surface area contributed by atoms with E-state index in [1.807, 2.05) is 0 Å². The summed E-state index contributed by atoms with van der Waals surface area (Å²) in [6.45, 7) is 1.12. The van der Waals surface area contributed by atoms with Crippen molar-refractivity contribution in [2.24, 2.45) is 5.84 Å². The molecule has 9 heavy (non-hydrogen) atoms. The van der Waals surface area contributed by atoms with Gasteiger partial charge in [0.2, 0.25) is 0 Å². The summed E-state index contributed by atoms with van der Waals surface area (Å²) in [5.41, 5.74) is 0.486. The van der Waals surface area contributed by atoms with E-state index in [1.165, 1.54) is 32.1 Å². The smallest absolute Gasteiger partial charge is 0.0352 e. The molecule has 1 aliphatic heterocycles. The highest BCUT2D eigenvalue weighted by atomic mass is 15.5. The molecule has 2 fully saturated rings. The van der Waals surface area contributed by atoms with Crippen LogP contribution in [0.4, 0.5) is 0 Å². The Bertz CT molecular complexity index is 118. The van der Waals surface area contributed by atoms with Crippen LogP contribution in [0.15, 0.2) is 0 Å². The monoisotopic (exact) mass is 126 g/mol. The van der Waals surface area contributed by atoms with Crippen LogP contribution in [0, 0.1) is 0 Å². The van der Waals surface area contributed by atoms with Crippen LogP contribution in [0.3, 0.4) is 0 Å². The van der Waals surface area contributed by atoms with Crippen molar-refractivity contribution in [3.05, 3.63) is 0 Å². The van der Waals surface area contributed by atoms with Crippen LogP contribution in [0.1, 0.15) is 32.1 Å². The van der Waals surface area contributed by atoms with Crippen molar-refractivity contribution in [3.8, 4) is 0 Å². The van der Waals surface area contributed by atoms with Gasteiger partial charge in [0, 0.05) is 12.1 Å². The van der Waals surface area contributed by atoms with Crippen molar-refractivity contribution in [1.82, 2.24) is 5.01 Å². The third kappa shape index (κ3) is 0.634. The van der Waals surface area contributed by atoms with Gasteiger partial charge in [-0.15, -0.1) is 0 Å². The minimum atomic E-state index is 0.486. The first-order valence-corrected chi connectivity index (χ1v) is 3.86. The third-order valence-corrected chi connectivity index (χ3v) is 2.93. The predicted octanol–water partition coefficient (Wildman–Crippen LogP) is 0.879. The van der Waals surface area contributed by atoms with E-state index in [0.29, 0.717) is 5.54 Å². The van der Waals surface area contributed by atoms with Crippen molar-refractivity contribution in [2.75, 3.05) is 6.54 Å². The molecule has 0 aromatic carbocycles. The fourth-order valence-corrected chi connectivity index (χ4v) is 2.08. The molecule has 52 valence electrons. The average molecular weight is 126 g/mol. The molecule has 2 nitrogen and oxygen atoms in total. The topological polar surface area (TPSA) is 29.3 Å². The van der Waals surface area contributed by atoms with E-state index in [1.54, 1.807) is 0 Å². The van der Waals surface area contributed by atoms with Gasteiger partial charge < -0.3 is 0 Å². The van der Waals surface area contributed by atoms with E-state index in [0.717, 1.165) is 6.54 Å². The van der Waals surface area contributed by atoms with Gasteiger partial charge in [-0.2, -0.15) is 0 Å². The van der Waals surface area contributed by atoms with Crippen molar-refractivity contribution < 1.29 is 0 Å². The Morgan fingerprint density at radius 1 is 1.11 bits per heavy atom. The second-order valence-electron chi connectivity index (χ2n) is 3.37. The summed E-state index contributed by atoms with van der Waals surface area (Å²) in [4.78, 5) is 0. The number of hydrazine groups is 1. The quantitative estimate of drug-likeness (QED) is 0.488. The van der Waals surface area contributed by atoms with Crippen LogP contribution < -0.4 is 5.84 Å². The van der Waals surface area contributed by atoms with Crippen LogP contribution >= 0.6 is 0 Å². The zero-order chi connectivity index (χ0) is 6.32. The molecule has 1 saturated heterocycles. The van der Waals surface area contributed by atoms with E-state index >= 15 is 0 Å². The molecule has 0 aromatic rings. The number of hydrogen-bond acceptors (Lipinski definition) is 2. The maximum absolute atomic E-state index is 5.81. The molecule has 2 heteroatoms. The first-order chi connectivity index (χ1) is 4.33. The molecule has 0 amide bonds. The summed E-state index contributed by atoms with van der Waals surface area (Å²) >= 11 is 0. The Labute approximate surface area is 56.0 Å². The van der Waals surface area contributed by atoms with Crippen LogP contribution in [-0.2, 0) is 0 Å². The molecule has 2 N–H and O–H groups in total. The zero-order valence-corrected chi connectivity index (χ0v) is 5.77. The molecule has 0 radical (unpaired) electrons. The first kappa shape index (κ1) is 5.69. The lowest BCUT2D eigenvalue weighted by molar-refractivity contribution is 0.0562. The van der Waals surface area contributed by atoms with E-state index in [-0.39, 0.29) is 0 Å². The van der Waals surface area contributed by atoms with E-state index in [2.05, 4.69) is 5.01 Å². The van der Waals surface area contributed by atoms with Gasteiger partial charge >= 0.3 is 0 Å². The fourth-order valence-electron chi connectivity index (χ4n) is 2.08. The molecule has 1 saturated carbocycles. The van der Waals surface area contributed by atoms with Crippen molar-refractivity contribution in [2.45, 2.75) is 37.6 Å². The molecule has 1 aliphatic carbocycles. The summed E-state index contributed by atoms with van der Waals surface area (Å²) in [6, 6.07) is 0. The van der Waals surface area contributed by atoms with Crippen molar-refractivity contribution in [1.29, 1.82) is 0 Å². The average Bonchev–Trinajstić information content (AvgIpc) is 2.07. The Morgan fingerprint density at radius 2 is 1.78 bits per heavy atom. The zero-order valence-electron chi connectivity index (χ0n) is 5.77. The molecule has 0 unspecified atom stereocenters. The Morgan fingerprint density at radius 3 is 2.00 bits per heavy atom. The SMILES string of the molecule is NN1CCCC12CCC2. The van der Waals surface area contributed by atoms with E-state index < -0.39 is 0 Å². The molecule has 1 heterocycles. The van der Waals surface area contributed by atoms with E-state index in [9.17, 15) is 0 Å². The van der Waals surface area contributed by atoms with Gasteiger partial charge in [-0.1, -0.05) is 0 Å². The molecular formula is C7H14N2. The van der Waals surface area contributed by atoms with Crippen LogP contribution in [0.25, 0.3) is 0 Å². The Balaban J connectivity index is 2.09. The highest BCUT2D eigenvalue weighted by molar-refractivity contribution is 4.99. The van der Waals surface area contributed by atoms with Crippen molar-refractivity contribution >= 4 is 0 Å². The fraction of sp³-hybridized carbons (Fsp3) is 1.00. The van der Waals surface area contributed by atoms with Gasteiger partial charge in [0.1, 0.15) is 0 Å². The third-order valence-electron chi connectivity index (χ3n) is 2.93. The standard InChI is InChI=1S/C7H14N2/c8-9-6-2-5-7(9)3-1-4-7/h1-6,8H2. The van der Waals surface area contributed by atoms with Crippen molar-refractivity contribution in [3.63, 3.8) is 0 Å². The normalized spacial score (nSPS) is 33.0.